The summed E-state index contributed by atoms with van der Waals surface area (Å²) in [6.07, 6.45) is 9.87. The Labute approximate surface area is 154 Å². The zero-order valence-electron chi connectivity index (χ0n) is 15.2. The molecular weight excluding hydrogens is 324 g/mol. The van der Waals surface area contributed by atoms with Crippen molar-refractivity contribution in [2.75, 3.05) is 13.2 Å². The first-order valence-corrected chi connectivity index (χ1v) is 9.87. The van der Waals surface area contributed by atoms with E-state index in [-0.39, 0.29) is 0 Å². The molecule has 0 fully saturated rings. The quantitative estimate of drug-likeness (QED) is 0.490. The standard InChI is InChI=1S/C22H26N2O2/c1-2-4-6-8-16-26-20-14-10-12-18-22(20)24-17-11-9-13-19(21(17)23-18)25-15-7-5-3-1/h9-14H,1-8,15-16H2. The number of ether oxygens (including phenoxy) is 2. The van der Waals surface area contributed by atoms with E-state index >= 15 is 0 Å². The minimum atomic E-state index is 0.738. The molecule has 3 heterocycles. The van der Waals surface area contributed by atoms with E-state index in [2.05, 4.69) is 0 Å². The van der Waals surface area contributed by atoms with E-state index in [1.807, 2.05) is 36.4 Å². The molecule has 26 heavy (non-hydrogen) atoms. The molecule has 5 rings (SSSR count). The lowest BCUT2D eigenvalue weighted by molar-refractivity contribution is 0.303. The molecule has 0 radical (unpaired) electrons. The van der Waals surface area contributed by atoms with Crippen molar-refractivity contribution in [2.24, 2.45) is 0 Å². The van der Waals surface area contributed by atoms with Crippen LogP contribution in [0.15, 0.2) is 36.4 Å². The molecule has 0 spiro atoms. The molecule has 0 N–H and O–H groups in total. The largest absolute Gasteiger partial charge is 0.491 e. The van der Waals surface area contributed by atoms with Gasteiger partial charge in [-0.05, 0) is 37.1 Å². The average Bonchev–Trinajstić information content (AvgIpc) is 2.67. The molecule has 2 aromatic carbocycles. The Morgan fingerprint density at radius 2 is 0.962 bits per heavy atom. The SMILES string of the molecule is c1cc2c3nc4cccc(c4nc3c1)OCCCCCCCCCCO2. The van der Waals surface area contributed by atoms with Crippen molar-refractivity contribution < 1.29 is 9.47 Å². The maximum absolute atomic E-state index is 6.03. The van der Waals surface area contributed by atoms with Gasteiger partial charge in [-0.1, -0.05) is 50.7 Å². The van der Waals surface area contributed by atoms with Gasteiger partial charge < -0.3 is 9.47 Å². The number of fused-ring (bicyclic) bond motifs is 11. The molecule has 0 saturated heterocycles. The summed E-state index contributed by atoms with van der Waals surface area (Å²) in [6.45, 7) is 1.48. The smallest absolute Gasteiger partial charge is 0.147 e. The summed E-state index contributed by atoms with van der Waals surface area (Å²) in [5.41, 5.74) is 3.37. The van der Waals surface area contributed by atoms with Crippen LogP contribution < -0.4 is 9.47 Å². The summed E-state index contributed by atoms with van der Waals surface area (Å²) in [5, 5.41) is 0. The van der Waals surface area contributed by atoms with Crippen LogP contribution in [0.4, 0.5) is 0 Å². The normalized spacial score (nSPS) is 17.1. The van der Waals surface area contributed by atoms with Crippen molar-refractivity contribution in [3.63, 3.8) is 0 Å². The third-order valence-electron chi connectivity index (χ3n) is 4.97. The van der Waals surface area contributed by atoms with E-state index in [0.29, 0.717) is 0 Å². The number of hydrogen-bond donors (Lipinski definition) is 0. The number of aromatic nitrogens is 2. The van der Waals surface area contributed by atoms with Gasteiger partial charge in [-0.25, -0.2) is 9.97 Å². The van der Waals surface area contributed by atoms with E-state index in [0.717, 1.165) is 59.6 Å². The summed E-state index contributed by atoms with van der Waals surface area (Å²) >= 11 is 0. The molecule has 6 bridgehead atoms. The van der Waals surface area contributed by atoms with Gasteiger partial charge in [0, 0.05) is 0 Å². The minimum absolute atomic E-state index is 0.738. The Morgan fingerprint density at radius 3 is 1.42 bits per heavy atom. The highest BCUT2D eigenvalue weighted by atomic mass is 16.5. The van der Waals surface area contributed by atoms with Crippen LogP contribution in [0, 0.1) is 0 Å². The van der Waals surface area contributed by atoms with E-state index in [1.54, 1.807) is 0 Å². The fourth-order valence-electron chi connectivity index (χ4n) is 3.53. The van der Waals surface area contributed by atoms with Crippen LogP contribution in [0.25, 0.3) is 22.1 Å². The highest BCUT2D eigenvalue weighted by Crippen LogP contribution is 2.29. The molecule has 0 unspecified atom stereocenters. The second-order valence-corrected chi connectivity index (χ2v) is 7.00. The maximum atomic E-state index is 6.03. The van der Waals surface area contributed by atoms with Crippen LogP contribution >= 0.6 is 0 Å². The zero-order chi connectivity index (χ0) is 17.6. The number of benzene rings is 2. The molecule has 0 amide bonds. The number of rotatable bonds is 0. The molecule has 4 nitrogen and oxygen atoms in total. The third-order valence-corrected chi connectivity index (χ3v) is 4.97. The molecule has 2 aliphatic heterocycles. The highest BCUT2D eigenvalue weighted by molar-refractivity contribution is 5.92. The topological polar surface area (TPSA) is 44.2 Å². The van der Waals surface area contributed by atoms with Crippen LogP contribution in [0.5, 0.6) is 11.5 Å². The Kier molecular flexibility index (Phi) is 5.48. The molecule has 1 aromatic heterocycles. The maximum Gasteiger partial charge on any atom is 0.147 e. The first-order chi connectivity index (χ1) is 12.9. The number of nitrogens with zero attached hydrogens (tertiary/aromatic N) is 2. The average molecular weight is 350 g/mol. The summed E-state index contributed by atoms with van der Waals surface area (Å²) in [7, 11) is 0. The molecule has 136 valence electrons. The third kappa shape index (κ3) is 3.90. The fraction of sp³-hybridized carbons (Fsp3) is 0.455. The monoisotopic (exact) mass is 350 g/mol. The summed E-state index contributed by atoms with van der Waals surface area (Å²) in [5.74, 6) is 1.65. The van der Waals surface area contributed by atoms with E-state index < -0.39 is 0 Å². The Bertz CT molecular complexity index is 805. The molecule has 0 aliphatic carbocycles. The van der Waals surface area contributed by atoms with Gasteiger partial charge in [-0.15, -0.1) is 0 Å². The first-order valence-electron chi connectivity index (χ1n) is 9.87. The van der Waals surface area contributed by atoms with Gasteiger partial charge in [-0.3, -0.25) is 0 Å². The van der Waals surface area contributed by atoms with Gasteiger partial charge in [0.05, 0.1) is 24.2 Å². The van der Waals surface area contributed by atoms with Crippen LogP contribution in [0.3, 0.4) is 0 Å². The van der Waals surface area contributed by atoms with Crippen molar-refractivity contribution in [1.29, 1.82) is 0 Å². The van der Waals surface area contributed by atoms with Gasteiger partial charge >= 0.3 is 0 Å². The summed E-state index contributed by atoms with van der Waals surface area (Å²) in [6, 6.07) is 11.9. The van der Waals surface area contributed by atoms with Crippen molar-refractivity contribution in [3.05, 3.63) is 36.4 Å². The summed E-state index contributed by atoms with van der Waals surface area (Å²) in [4.78, 5) is 9.65. The first kappa shape index (κ1) is 17.1. The predicted octanol–water partition coefficient (Wildman–Crippen LogP) is 5.68. The predicted molar refractivity (Wildman–Crippen MR) is 105 cm³/mol. The van der Waals surface area contributed by atoms with Crippen LogP contribution in [0.1, 0.15) is 51.4 Å². The van der Waals surface area contributed by atoms with Gasteiger partial charge in [0.15, 0.2) is 0 Å². The Morgan fingerprint density at radius 1 is 0.538 bits per heavy atom. The van der Waals surface area contributed by atoms with Gasteiger partial charge in [0.2, 0.25) is 0 Å². The van der Waals surface area contributed by atoms with Crippen molar-refractivity contribution in [1.82, 2.24) is 9.97 Å². The molecule has 3 aromatic rings. The van der Waals surface area contributed by atoms with Gasteiger partial charge in [-0.2, -0.15) is 0 Å². The molecule has 0 saturated carbocycles. The fourth-order valence-corrected chi connectivity index (χ4v) is 3.53. The molecule has 2 aliphatic rings. The lowest BCUT2D eigenvalue weighted by atomic mass is 10.1. The van der Waals surface area contributed by atoms with Crippen LogP contribution in [-0.2, 0) is 0 Å². The minimum Gasteiger partial charge on any atom is -0.491 e. The zero-order valence-corrected chi connectivity index (χ0v) is 15.2. The number of hydrogen-bond acceptors (Lipinski definition) is 4. The van der Waals surface area contributed by atoms with E-state index in [9.17, 15) is 0 Å². The van der Waals surface area contributed by atoms with Crippen molar-refractivity contribution in [2.45, 2.75) is 51.4 Å². The lowest BCUT2D eigenvalue weighted by Gasteiger charge is -2.12. The van der Waals surface area contributed by atoms with E-state index in [4.69, 9.17) is 19.4 Å². The highest BCUT2D eigenvalue weighted by Gasteiger charge is 2.11. The van der Waals surface area contributed by atoms with Crippen LogP contribution in [-0.4, -0.2) is 23.2 Å². The second kappa shape index (κ2) is 8.35. The van der Waals surface area contributed by atoms with Crippen LogP contribution in [0.2, 0.25) is 0 Å². The van der Waals surface area contributed by atoms with Crippen molar-refractivity contribution in [3.8, 4) is 11.5 Å². The van der Waals surface area contributed by atoms with Crippen molar-refractivity contribution >= 4 is 22.1 Å². The molecular formula is C22H26N2O2. The molecule has 4 heteroatoms. The number of para-hydroxylation sites is 2. The lowest BCUT2D eigenvalue weighted by Crippen LogP contribution is -2.01. The van der Waals surface area contributed by atoms with Gasteiger partial charge in [0.25, 0.3) is 0 Å². The molecule has 0 atom stereocenters. The Balaban J connectivity index is 1.69. The second-order valence-electron chi connectivity index (χ2n) is 7.00. The Hall–Kier alpha value is -2.36. The summed E-state index contributed by atoms with van der Waals surface area (Å²) < 4.78 is 12.1. The van der Waals surface area contributed by atoms with E-state index in [1.165, 1.54) is 38.5 Å². The van der Waals surface area contributed by atoms with Gasteiger partial charge in [0.1, 0.15) is 22.5 Å².